The fraction of sp³-hybridized carbons (Fsp3) is 0.238. The highest BCUT2D eigenvalue weighted by molar-refractivity contribution is 7.16. The van der Waals surface area contributed by atoms with Gasteiger partial charge in [0.05, 0.1) is 29.0 Å². The number of carbonyl (C=O) groups is 3. The maximum Gasteiger partial charge on any atom is 0.338 e. The Morgan fingerprint density at radius 1 is 1.13 bits per heavy atom. The zero-order chi connectivity index (χ0) is 21.5. The number of benzene rings is 1. The van der Waals surface area contributed by atoms with Gasteiger partial charge in [0.2, 0.25) is 0 Å². The van der Waals surface area contributed by atoms with Crippen LogP contribution in [0.5, 0.6) is 0 Å². The van der Waals surface area contributed by atoms with Crippen molar-refractivity contribution in [3.63, 3.8) is 0 Å². The third-order valence-electron chi connectivity index (χ3n) is 3.93. The van der Waals surface area contributed by atoms with Gasteiger partial charge in [-0.15, -0.1) is 11.3 Å². The molecule has 0 bridgehead atoms. The first-order chi connectivity index (χ1) is 14.5. The first kappa shape index (κ1) is 21.7. The summed E-state index contributed by atoms with van der Waals surface area (Å²) in [6.07, 6.45) is 3.08. The lowest BCUT2D eigenvalue weighted by molar-refractivity contribution is -0.143. The van der Waals surface area contributed by atoms with Gasteiger partial charge in [-0.25, -0.2) is 4.79 Å². The van der Waals surface area contributed by atoms with Crippen molar-refractivity contribution in [1.29, 1.82) is 0 Å². The monoisotopic (exact) mass is 444 g/mol. The largest absolute Gasteiger partial charge is 0.465 e. The number of fused-ring (bicyclic) bond motifs is 1. The summed E-state index contributed by atoms with van der Waals surface area (Å²) in [6, 6.07) is 8.79. The maximum atomic E-state index is 12.4. The minimum atomic E-state index is -0.446. The first-order valence-electron chi connectivity index (χ1n) is 9.28. The lowest BCUT2D eigenvalue weighted by atomic mass is 10.2. The van der Waals surface area contributed by atoms with E-state index in [0.29, 0.717) is 20.6 Å². The molecule has 3 rings (SSSR count). The summed E-state index contributed by atoms with van der Waals surface area (Å²) in [6.45, 7) is 3.90. The van der Waals surface area contributed by atoms with Crippen LogP contribution in [0.2, 0.25) is 0 Å². The standard InChI is InChI=1S/C21H20N2O5S2/c1-3-27-19(25)13-23-16-9-7-14(20(26)28-4-2)12-17(16)30-21(23)22-18(24)10-8-15-6-5-11-29-15/h5-12H,3-4,13H2,1-2H3. The third-order valence-corrected chi connectivity index (χ3v) is 5.80. The van der Waals surface area contributed by atoms with E-state index in [0.717, 1.165) is 4.88 Å². The van der Waals surface area contributed by atoms with Crippen molar-refractivity contribution >= 4 is 56.8 Å². The molecule has 1 amide bonds. The van der Waals surface area contributed by atoms with Gasteiger partial charge in [0.25, 0.3) is 5.91 Å². The van der Waals surface area contributed by atoms with Gasteiger partial charge in [0.1, 0.15) is 6.54 Å². The van der Waals surface area contributed by atoms with Crippen molar-refractivity contribution in [3.8, 4) is 0 Å². The van der Waals surface area contributed by atoms with E-state index in [2.05, 4.69) is 4.99 Å². The lowest BCUT2D eigenvalue weighted by Gasteiger charge is -2.05. The van der Waals surface area contributed by atoms with Gasteiger partial charge in [-0.3, -0.25) is 9.59 Å². The average molecular weight is 445 g/mol. The van der Waals surface area contributed by atoms with Crippen LogP contribution in [0, 0.1) is 0 Å². The third kappa shape index (κ3) is 5.31. The molecule has 1 aromatic carbocycles. The Balaban J connectivity index is 2.02. The van der Waals surface area contributed by atoms with Crippen LogP contribution in [0.1, 0.15) is 29.1 Å². The Morgan fingerprint density at radius 3 is 2.63 bits per heavy atom. The molecular weight excluding hydrogens is 424 g/mol. The van der Waals surface area contributed by atoms with Crippen LogP contribution in [0.4, 0.5) is 0 Å². The molecule has 2 heterocycles. The number of thiazole rings is 1. The Labute approximate surface area is 180 Å². The molecule has 30 heavy (non-hydrogen) atoms. The fourth-order valence-electron chi connectivity index (χ4n) is 2.66. The number of amides is 1. The van der Waals surface area contributed by atoms with Crippen LogP contribution in [0.25, 0.3) is 16.3 Å². The predicted octanol–water partition coefficient (Wildman–Crippen LogP) is 3.64. The molecule has 3 aromatic rings. The molecule has 2 aromatic heterocycles. The molecule has 7 nitrogen and oxygen atoms in total. The zero-order valence-corrected chi connectivity index (χ0v) is 18.1. The van der Waals surface area contributed by atoms with Crippen molar-refractivity contribution in [2.24, 2.45) is 4.99 Å². The van der Waals surface area contributed by atoms with Gasteiger partial charge < -0.3 is 14.0 Å². The van der Waals surface area contributed by atoms with Crippen molar-refractivity contribution in [2.75, 3.05) is 13.2 Å². The van der Waals surface area contributed by atoms with Crippen LogP contribution >= 0.6 is 22.7 Å². The molecule has 0 N–H and O–H groups in total. The van der Waals surface area contributed by atoms with Gasteiger partial charge >= 0.3 is 11.9 Å². The molecular formula is C21H20N2O5S2. The van der Waals surface area contributed by atoms with E-state index >= 15 is 0 Å². The highest BCUT2D eigenvalue weighted by Gasteiger charge is 2.14. The number of aromatic nitrogens is 1. The van der Waals surface area contributed by atoms with Gasteiger partial charge in [-0.2, -0.15) is 4.99 Å². The number of carbonyl (C=O) groups excluding carboxylic acids is 3. The Morgan fingerprint density at radius 2 is 1.93 bits per heavy atom. The second-order valence-corrected chi connectivity index (χ2v) is 7.97. The van der Waals surface area contributed by atoms with Crippen molar-refractivity contribution in [3.05, 3.63) is 57.0 Å². The van der Waals surface area contributed by atoms with Crippen LogP contribution in [-0.4, -0.2) is 35.6 Å². The molecule has 0 unspecified atom stereocenters. The molecule has 0 radical (unpaired) electrons. The van der Waals surface area contributed by atoms with Gasteiger partial charge in [-0.05, 0) is 49.6 Å². The van der Waals surface area contributed by atoms with Crippen LogP contribution in [0.15, 0.2) is 46.8 Å². The van der Waals surface area contributed by atoms with Crippen molar-refractivity contribution in [1.82, 2.24) is 4.57 Å². The Kier molecular flexibility index (Phi) is 7.31. The van der Waals surface area contributed by atoms with E-state index in [9.17, 15) is 14.4 Å². The van der Waals surface area contributed by atoms with E-state index in [1.807, 2.05) is 17.5 Å². The second-order valence-electron chi connectivity index (χ2n) is 5.98. The maximum absolute atomic E-state index is 12.4. The summed E-state index contributed by atoms with van der Waals surface area (Å²) in [4.78, 5) is 41.9. The molecule has 156 valence electrons. The molecule has 0 atom stereocenters. The van der Waals surface area contributed by atoms with E-state index < -0.39 is 17.8 Å². The minimum Gasteiger partial charge on any atom is -0.465 e. The first-order valence-corrected chi connectivity index (χ1v) is 11.0. The number of thiophene rings is 1. The molecule has 0 aliphatic heterocycles. The predicted molar refractivity (Wildman–Crippen MR) is 116 cm³/mol. The molecule has 0 saturated carbocycles. The topological polar surface area (TPSA) is 87.0 Å². The van der Waals surface area contributed by atoms with Gasteiger partial charge in [0.15, 0.2) is 4.80 Å². The summed E-state index contributed by atoms with van der Waals surface area (Å²) in [5.41, 5.74) is 1.07. The molecule has 9 heteroatoms. The van der Waals surface area contributed by atoms with Crippen LogP contribution in [-0.2, 0) is 25.6 Å². The molecule has 0 fully saturated rings. The number of hydrogen-bond donors (Lipinski definition) is 0. The number of esters is 2. The van der Waals surface area contributed by atoms with E-state index in [1.165, 1.54) is 28.7 Å². The normalized spacial score (nSPS) is 11.9. The number of ether oxygens (including phenoxy) is 2. The average Bonchev–Trinajstić information content (AvgIpc) is 3.35. The van der Waals surface area contributed by atoms with E-state index in [4.69, 9.17) is 9.47 Å². The van der Waals surface area contributed by atoms with E-state index in [-0.39, 0.29) is 19.8 Å². The minimum absolute atomic E-state index is 0.0899. The summed E-state index contributed by atoms with van der Waals surface area (Å²) in [5, 5.41) is 1.92. The summed E-state index contributed by atoms with van der Waals surface area (Å²) < 4.78 is 12.4. The van der Waals surface area contributed by atoms with Gasteiger partial charge in [-0.1, -0.05) is 17.4 Å². The quantitative estimate of drug-likeness (QED) is 0.410. The Bertz CT molecular complexity index is 1160. The Hall–Kier alpha value is -3.04. The zero-order valence-electron chi connectivity index (χ0n) is 16.5. The number of nitrogens with zero attached hydrogens (tertiary/aromatic N) is 2. The summed E-state index contributed by atoms with van der Waals surface area (Å²) in [5.74, 6) is -1.31. The van der Waals surface area contributed by atoms with Crippen LogP contribution < -0.4 is 4.80 Å². The highest BCUT2D eigenvalue weighted by Crippen LogP contribution is 2.20. The SMILES string of the molecule is CCOC(=O)Cn1c(=NC(=O)C=Cc2cccs2)sc2cc(C(=O)OCC)ccc21. The summed E-state index contributed by atoms with van der Waals surface area (Å²) >= 11 is 2.73. The molecule has 0 aliphatic rings. The fourth-order valence-corrected chi connectivity index (χ4v) is 4.35. The number of hydrogen-bond acceptors (Lipinski definition) is 7. The smallest absolute Gasteiger partial charge is 0.338 e. The lowest BCUT2D eigenvalue weighted by Crippen LogP contribution is -2.22. The second kappa shape index (κ2) is 10.1. The van der Waals surface area contributed by atoms with E-state index in [1.54, 1.807) is 42.7 Å². The summed E-state index contributed by atoms with van der Waals surface area (Å²) in [7, 11) is 0. The van der Waals surface area contributed by atoms with Crippen molar-refractivity contribution in [2.45, 2.75) is 20.4 Å². The molecule has 0 aliphatic carbocycles. The molecule has 0 spiro atoms. The number of rotatable bonds is 7. The van der Waals surface area contributed by atoms with Crippen molar-refractivity contribution < 1.29 is 23.9 Å². The highest BCUT2D eigenvalue weighted by atomic mass is 32.1. The molecule has 0 saturated heterocycles. The van der Waals surface area contributed by atoms with Crippen LogP contribution in [0.3, 0.4) is 0 Å². The van der Waals surface area contributed by atoms with Gasteiger partial charge in [0, 0.05) is 11.0 Å².